The molecule has 0 atom stereocenters. The maximum atomic E-state index is 9.41. The monoisotopic (exact) mass is 257 g/mol. The molecule has 20 heavy (non-hydrogen) atoms. The van der Waals surface area contributed by atoms with Crippen LogP contribution in [-0.2, 0) is 0 Å². The summed E-state index contributed by atoms with van der Waals surface area (Å²) in [6, 6.07) is 20.9. The Hall–Kier alpha value is -2.59. The number of nitrogens with zero attached hydrogens (tertiary/aromatic N) is 1. The van der Waals surface area contributed by atoms with Crippen molar-refractivity contribution < 1.29 is 0 Å². The zero-order valence-corrected chi connectivity index (χ0v) is 11.6. The SMILES string of the molecule is Cc1ccc(-c2cc3ccccc3cc2C#N)cc1C. The first kappa shape index (κ1) is 12.4. The maximum Gasteiger partial charge on any atom is 0.0998 e. The van der Waals surface area contributed by atoms with Gasteiger partial charge in [0, 0.05) is 5.56 Å². The first-order chi connectivity index (χ1) is 9.69. The normalized spacial score (nSPS) is 10.4. The van der Waals surface area contributed by atoms with E-state index in [1.54, 1.807) is 0 Å². The van der Waals surface area contributed by atoms with E-state index in [9.17, 15) is 5.26 Å². The molecule has 3 aromatic rings. The molecular weight excluding hydrogens is 242 g/mol. The molecule has 0 amide bonds. The number of benzene rings is 3. The van der Waals surface area contributed by atoms with Crippen LogP contribution in [0.3, 0.4) is 0 Å². The Balaban J connectivity index is 2.29. The van der Waals surface area contributed by atoms with Crippen LogP contribution in [0.15, 0.2) is 54.6 Å². The van der Waals surface area contributed by atoms with E-state index in [4.69, 9.17) is 0 Å². The fourth-order valence-electron chi connectivity index (χ4n) is 2.48. The van der Waals surface area contributed by atoms with Crippen molar-refractivity contribution in [2.75, 3.05) is 0 Å². The number of aryl methyl sites for hydroxylation is 2. The Morgan fingerprint density at radius 3 is 2.15 bits per heavy atom. The second-order valence-electron chi connectivity index (χ2n) is 5.16. The van der Waals surface area contributed by atoms with Gasteiger partial charge in [-0.1, -0.05) is 42.5 Å². The van der Waals surface area contributed by atoms with Gasteiger partial charge in [-0.15, -0.1) is 0 Å². The van der Waals surface area contributed by atoms with Crippen molar-refractivity contribution in [3.8, 4) is 17.2 Å². The lowest BCUT2D eigenvalue weighted by Crippen LogP contribution is -1.88. The van der Waals surface area contributed by atoms with Crippen LogP contribution >= 0.6 is 0 Å². The van der Waals surface area contributed by atoms with E-state index in [1.165, 1.54) is 16.5 Å². The van der Waals surface area contributed by atoms with Gasteiger partial charge in [-0.2, -0.15) is 5.26 Å². The summed E-state index contributed by atoms with van der Waals surface area (Å²) in [4.78, 5) is 0. The lowest BCUT2D eigenvalue weighted by atomic mass is 9.94. The molecule has 1 nitrogen and oxygen atoms in total. The molecule has 0 aliphatic heterocycles. The molecule has 0 aromatic heterocycles. The molecule has 0 aliphatic carbocycles. The van der Waals surface area contributed by atoms with E-state index in [0.717, 1.165) is 22.1 Å². The molecule has 3 rings (SSSR count). The smallest absolute Gasteiger partial charge is 0.0998 e. The van der Waals surface area contributed by atoms with Crippen LogP contribution < -0.4 is 0 Å². The van der Waals surface area contributed by atoms with Crippen LogP contribution in [0, 0.1) is 25.2 Å². The molecule has 3 aromatic carbocycles. The molecule has 0 N–H and O–H groups in total. The van der Waals surface area contributed by atoms with Gasteiger partial charge >= 0.3 is 0 Å². The third-order valence-electron chi connectivity index (χ3n) is 3.82. The van der Waals surface area contributed by atoms with E-state index in [-0.39, 0.29) is 0 Å². The zero-order valence-electron chi connectivity index (χ0n) is 11.6. The summed E-state index contributed by atoms with van der Waals surface area (Å²) >= 11 is 0. The van der Waals surface area contributed by atoms with Crippen LogP contribution in [0.25, 0.3) is 21.9 Å². The minimum atomic E-state index is 0.729. The highest BCUT2D eigenvalue weighted by atomic mass is 14.2. The van der Waals surface area contributed by atoms with Gasteiger partial charge in [0.25, 0.3) is 0 Å². The van der Waals surface area contributed by atoms with Crippen molar-refractivity contribution in [1.29, 1.82) is 5.26 Å². The molecule has 0 saturated carbocycles. The van der Waals surface area contributed by atoms with Crippen molar-refractivity contribution in [3.63, 3.8) is 0 Å². The highest BCUT2D eigenvalue weighted by Crippen LogP contribution is 2.29. The van der Waals surface area contributed by atoms with Crippen LogP contribution in [0.1, 0.15) is 16.7 Å². The number of rotatable bonds is 1. The summed E-state index contributed by atoms with van der Waals surface area (Å²) in [5.74, 6) is 0. The molecule has 0 unspecified atom stereocenters. The molecule has 0 saturated heterocycles. The minimum absolute atomic E-state index is 0.729. The van der Waals surface area contributed by atoms with Gasteiger partial charge in [-0.25, -0.2) is 0 Å². The zero-order chi connectivity index (χ0) is 14.1. The van der Waals surface area contributed by atoms with E-state index < -0.39 is 0 Å². The molecule has 0 heterocycles. The number of fused-ring (bicyclic) bond motifs is 1. The summed E-state index contributed by atoms with van der Waals surface area (Å²) in [6.07, 6.45) is 0. The van der Waals surface area contributed by atoms with Crippen molar-refractivity contribution in [2.45, 2.75) is 13.8 Å². The molecular formula is C19H15N. The molecule has 96 valence electrons. The van der Waals surface area contributed by atoms with Gasteiger partial charge in [0.15, 0.2) is 0 Å². The molecule has 0 fully saturated rings. The molecule has 0 spiro atoms. The highest BCUT2D eigenvalue weighted by molar-refractivity contribution is 5.90. The van der Waals surface area contributed by atoms with Crippen molar-refractivity contribution in [3.05, 3.63) is 71.3 Å². The Bertz CT molecular complexity index is 838. The quantitative estimate of drug-likeness (QED) is 0.602. The summed E-state index contributed by atoms with van der Waals surface area (Å²) in [7, 11) is 0. The van der Waals surface area contributed by atoms with E-state index >= 15 is 0 Å². The van der Waals surface area contributed by atoms with Crippen LogP contribution in [-0.4, -0.2) is 0 Å². The fourth-order valence-corrected chi connectivity index (χ4v) is 2.48. The molecule has 0 bridgehead atoms. The van der Waals surface area contributed by atoms with E-state index in [1.807, 2.05) is 24.3 Å². The van der Waals surface area contributed by atoms with Gasteiger partial charge in [0.05, 0.1) is 11.6 Å². The average molecular weight is 257 g/mol. The minimum Gasteiger partial charge on any atom is -0.192 e. The molecule has 0 aliphatic rings. The van der Waals surface area contributed by atoms with Gasteiger partial charge < -0.3 is 0 Å². The number of hydrogen-bond donors (Lipinski definition) is 0. The van der Waals surface area contributed by atoms with Crippen LogP contribution in [0.4, 0.5) is 0 Å². The van der Waals surface area contributed by atoms with Crippen molar-refractivity contribution in [2.24, 2.45) is 0 Å². The molecule has 0 radical (unpaired) electrons. The second kappa shape index (κ2) is 4.83. The average Bonchev–Trinajstić information content (AvgIpc) is 2.48. The maximum absolute atomic E-state index is 9.41. The first-order valence-corrected chi connectivity index (χ1v) is 6.69. The Kier molecular flexibility index (Phi) is 3.00. The Labute approximate surface area is 119 Å². The lowest BCUT2D eigenvalue weighted by molar-refractivity contribution is 1.34. The Morgan fingerprint density at radius 2 is 1.50 bits per heavy atom. The summed E-state index contributed by atoms with van der Waals surface area (Å²) in [6.45, 7) is 4.20. The van der Waals surface area contributed by atoms with Crippen LogP contribution in [0.5, 0.6) is 0 Å². The third-order valence-corrected chi connectivity index (χ3v) is 3.82. The Morgan fingerprint density at radius 1 is 0.800 bits per heavy atom. The predicted octanol–water partition coefficient (Wildman–Crippen LogP) is 5.00. The third kappa shape index (κ3) is 2.06. The van der Waals surface area contributed by atoms with E-state index in [2.05, 4.69) is 50.2 Å². The van der Waals surface area contributed by atoms with E-state index in [0.29, 0.717) is 0 Å². The molecule has 1 heteroatoms. The largest absolute Gasteiger partial charge is 0.192 e. The van der Waals surface area contributed by atoms with Crippen LogP contribution in [0.2, 0.25) is 0 Å². The first-order valence-electron chi connectivity index (χ1n) is 6.69. The fraction of sp³-hybridized carbons (Fsp3) is 0.105. The second-order valence-corrected chi connectivity index (χ2v) is 5.16. The summed E-state index contributed by atoms with van der Waals surface area (Å²) < 4.78 is 0. The number of hydrogen-bond acceptors (Lipinski definition) is 1. The highest BCUT2D eigenvalue weighted by Gasteiger charge is 2.08. The standard InChI is InChI=1S/C19H15N/c1-13-7-8-17(9-14(13)2)19-11-16-6-4-3-5-15(16)10-18(19)12-20/h3-11H,1-2H3. The topological polar surface area (TPSA) is 23.8 Å². The van der Waals surface area contributed by atoms with Gasteiger partial charge in [-0.05, 0) is 53.4 Å². The van der Waals surface area contributed by atoms with Crippen molar-refractivity contribution in [1.82, 2.24) is 0 Å². The number of nitriles is 1. The van der Waals surface area contributed by atoms with Crippen molar-refractivity contribution >= 4 is 10.8 Å². The summed E-state index contributed by atoms with van der Waals surface area (Å²) in [5.41, 5.74) is 5.37. The summed E-state index contributed by atoms with van der Waals surface area (Å²) in [5, 5.41) is 11.7. The predicted molar refractivity (Wildman–Crippen MR) is 83.6 cm³/mol. The lowest BCUT2D eigenvalue weighted by Gasteiger charge is -2.09. The van der Waals surface area contributed by atoms with Gasteiger partial charge in [0.2, 0.25) is 0 Å². The van der Waals surface area contributed by atoms with Gasteiger partial charge in [-0.3, -0.25) is 0 Å². The van der Waals surface area contributed by atoms with Gasteiger partial charge in [0.1, 0.15) is 0 Å².